The second kappa shape index (κ2) is 5.09. The molecule has 1 heterocycles. The van der Waals surface area contributed by atoms with Gasteiger partial charge in [-0.3, -0.25) is 4.98 Å². The van der Waals surface area contributed by atoms with Gasteiger partial charge < -0.3 is 10.4 Å². The number of hydrogen-bond acceptors (Lipinski definition) is 4. The van der Waals surface area contributed by atoms with E-state index in [4.69, 9.17) is 0 Å². The summed E-state index contributed by atoms with van der Waals surface area (Å²) in [5.74, 6) is 0.304. The molecule has 0 fully saturated rings. The SMILES string of the molecule is CC(NCc1cncs1)c1ccc(O)cc1. The van der Waals surface area contributed by atoms with Gasteiger partial charge in [0, 0.05) is 23.7 Å². The Kier molecular flexibility index (Phi) is 3.54. The Labute approximate surface area is 98.8 Å². The van der Waals surface area contributed by atoms with E-state index in [1.54, 1.807) is 23.5 Å². The van der Waals surface area contributed by atoms with E-state index >= 15 is 0 Å². The van der Waals surface area contributed by atoms with Gasteiger partial charge in [0.1, 0.15) is 5.75 Å². The molecule has 0 aliphatic heterocycles. The van der Waals surface area contributed by atoms with Crippen molar-refractivity contribution in [2.75, 3.05) is 0 Å². The van der Waals surface area contributed by atoms with Crippen LogP contribution in [0.15, 0.2) is 36.0 Å². The zero-order chi connectivity index (χ0) is 11.4. The van der Waals surface area contributed by atoms with Crippen molar-refractivity contribution in [2.24, 2.45) is 0 Å². The Balaban J connectivity index is 1.93. The van der Waals surface area contributed by atoms with E-state index in [9.17, 15) is 5.11 Å². The predicted molar refractivity (Wildman–Crippen MR) is 65.5 cm³/mol. The van der Waals surface area contributed by atoms with Crippen LogP contribution in [0.2, 0.25) is 0 Å². The molecule has 1 aromatic carbocycles. The van der Waals surface area contributed by atoms with Crippen molar-refractivity contribution >= 4 is 11.3 Å². The average Bonchev–Trinajstić information content (AvgIpc) is 2.80. The fourth-order valence-electron chi connectivity index (χ4n) is 1.46. The van der Waals surface area contributed by atoms with Crippen molar-refractivity contribution in [3.05, 3.63) is 46.4 Å². The lowest BCUT2D eigenvalue weighted by molar-refractivity contribution is 0.474. The van der Waals surface area contributed by atoms with Gasteiger partial charge in [0.2, 0.25) is 0 Å². The topological polar surface area (TPSA) is 45.2 Å². The highest BCUT2D eigenvalue weighted by atomic mass is 32.1. The molecule has 1 atom stereocenters. The van der Waals surface area contributed by atoms with Crippen LogP contribution in [-0.4, -0.2) is 10.1 Å². The highest BCUT2D eigenvalue weighted by Gasteiger charge is 2.04. The van der Waals surface area contributed by atoms with Crippen molar-refractivity contribution in [3.63, 3.8) is 0 Å². The first-order valence-corrected chi connectivity index (χ1v) is 6.03. The van der Waals surface area contributed by atoms with Gasteiger partial charge in [-0.15, -0.1) is 11.3 Å². The molecule has 1 unspecified atom stereocenters. The summed E-state index contributed by atoms with van der Waals surface area (Å²) in [6.45, 7) is 2.93. The van der Waals surface area contributed by atoms with Gasteiger partial charge in [-0.2, -0.15) is 0 Å². The lowest BCUT2D eigenvalue weighted by Crippen LogP contribution is -2.17. The van der Waals surface area contributed by atoms with Gasteiger partial charge in [-0.05, 0) is 24.6 Å². The molecule has 0 bridgehead atoms. The molecule has 0 saturated carbocycles. The number of hydrogen-bond donors (Lipinski definition) is 2. The van der Waals surface area contributed by atoms with Gasteiger partial charge in [0.05, 0.1) is 5.51 Å². The molecule has 1 aromatic heterocycles. The van der Waals surface area contributed by atoms with Crippen LogP contribution in [-0.2, 0) is 6.54 Å². The molecule has 0 aliphatic carbocycles. The molecule has 2 N–H and O–H groups in total. The number of aromatic hydroxyl groups is 1. The quantitative estimate of drug-likeness (QED) is 0.855. The molecule has 0 spiro atoms. The van der Waals surface area contributed by atoms with Crippen LogP contribution < -0.4 is 5.32 Å². The van der Waals surface area contributed by atoms with E-state index in [0.29, 0.717) is 5.75 Å². The van der Waals surface area contributed by atoms with Crippen LogP contribution in [0.25, 0.3) is 0 Å². The summed E-state index contributed by atoms with van der Waals surface area (Å²) in [7, 11) is 0. The summed E-state index contributed by atoms with van der Waals surface area (Å²) in [4.78, 5) is 5.26. The number of nitrogens with one attached hydrogen (secondary N) is 1. The fraction of sp³-hybridized carbons (Fsp3) is 0.250. The third kappa shape index (κ3) is 2.81. The molecule has 2 rings (SSSR count). The minimum atomic E-state index is 0.266. The summed E-state index contributed by atoms with van der Waals surface area (Å²) in [5.41, 5.74) is 3.00. The summed E-state index contributed by atoms with van der Waals surface area (Å²) < 4.78 is 0. The monoisotopic (exact) mass is 234 g/mol. The fourth-order valence-corrected chi connectivity index (χ4v) is 2.01. The lowest BCUT2D eigenvalue weighted by atomic mass is 10.1. The van der Waals surface area contributed by atoms with E-state index in [1.807, 2.05) is 23.8 Å². The lowest BCUT2D eigenvalue weighted by Gasteiger charge is -2.13. The third-order valence-corrected chi connectivity index (χ3v) is 3.24. The minimum absolute atomic E-state index is 0.266. The van der Waals surface area contributed by atoms with Gasteiger partial charge in [-0.25, -0.2) is 0 Å². The number of aromatic nitrogens is 1. The number of rotatable bonds is 4. The van der Waals surface area contributed by atoms with E-state index < -0.39 is 0 Å². The highest BCUT2D eigenvalue weighted by Crippen LogP contribution is 2.17. The van der Waals surface area contributed by atoms with Crippen LogP contribution >= 0.6 is 11.3 Å². The zero-order valence-electron chi connectivity index (χ0n) is 9.05. The first-order chi connectivity index (χ1) is 7.75. The summed E-state index contributed by atoms with van der Waals surface area (Å²) in [6.07, 6.45) is 1.88. The molecule has 4 heteroatoms. The molecule has 0 aliphatic rings. The maximum Gasteiger partial charge on any atom is 0.115 e. The first kappa shape index (κ1) is 11.1. The van der Waals surface area contributed by atoms with Crippen molar-refractivity contribution in [1.82, 2.24) is 10.3 Å². The third-order valence-electron chi connectivity index (χ3n) is 2.46. The molecule has 16 heavy (non-hydrogen) atoms. The van der Waals surface area contributed by atoms with Crippen LogP contribution in [0.1, 0.15) is 23.4 Å². The second-order valence-electron chi connectivity index (χ2n) is 3.66. The van der Waals surface area contributed by atoms with Crippen molar-refractivity contribution in [3.8, 4) is 5.75 Å². The Morgan fingerprint density at radius 3 is 2.75 bits per heavy atom. The number of phenolic OH excluding ortho intramolecular Hbond substituents is 1. The number of thiazole rings is 1. The van der Waals surface area contributed by atoms with Crippen LogP contribution in [0.5, 0.6) is 5.75 Å². The van der Waals surface area contributed by atoms with Gasteiger partial charge >= 0.3 is 0 Å². The Morgan fingerprint density at radius 2 is 2.12 bits per heavy atom. The minimum Gasteiger partial charge on any atom is -0.508 e. The predicted octanol–water partition coefficient (Wildman–Crippen LogP) is 2.70. The molecule has 84 valence electrons. The second-order valence-corrected chi connectivity index (χ2v) is 4.63. The van der Waals surface area contributed by atoms with Gasteiger partial charge in [0.25, 0.3) is 0 Å². The maximum atomic E-state index is 9.19. The summed E-state index contributed by atoms with van der Waals surface area (Å²) in [6, 6.07) is 7.54. The number of benzene rings is 1. The van der Waals surface area contributed by atoms with Crippen LogP contribution in [0.3, 0.4) is 0 Å². The first-order valence-electron chi connectivity index (χ1n) is 5.15. The van der Waals surface area contributed by atoms with E-state index in [0.717, 1.165) is 6.54 Å². The Bertz CT molecular complexity index is 425. The molecule has 0 amide bonds. The molecule has 2 aromatic rings. The van der Waals surface area contributed by atoms with Gasteiger partial charge in [0.15, 0.2) is 0 Å². The largest absolute Gasteiger partial charge is 0.508 e. The number of nitrogens with zero attached hydrogens (tertiary/aromatic N) is 1. The molecule has 3 nitrogen and oxygen atoms in total. The van der Waals surface area contributed by atoms with Crippen molar-refractivity contribution in [2.45, 2.75) is 19.5 Å². The molecular formula is C12H14N2OS. The van der Waals surface area contributed by atoms with E-state index in [2.05, 4.69) is 17.2 Å². The molecule has 0 radical (unpaired) electrons. The molecular weight excluding hydrogens is 220 g/mol. The van der Waals surface area contributed by atoms with E-state index in [1.165, 1.54) is 10.4 Å². The standard InChI is InChI=1S/C12H14N2OS/c1-9(10-2-4-11(15)5-3-10)14-7-12-6-13-8-16-12/h2-6,8-9,14-15H,7H2,1H3. The van der Waals surface area contributed by atoms with Crippen LogP contribution in [0, 0.1) is 0 Å². The highest BCUT2D eigenvalue weighted by molar-refractivity contribution is 7.09. The normalized spacial score (nSPS) is 12.6. The van der Waals surface area contributed by atoms with Crippen molar-refractivity contribution in [1.29, 1.82) is 0 Å². The average molecular weight is 234 g/mol. The smallest absolute Gasteiger partial charge is 0.115 e. The maximum absolute atomic E-state index is 9.19. The number of phenols is 1. The zero-order valence-corrected chi connectivity index (χ0v) is 9.87. The van der Waals surface area contributed by atoms with Crippen LogP contribution in [0.4, 0.5) is 0 Å². The molecule has 0 saturated heterocycles. The van der Waals surface area contributed by atoms with Gasteiger partial charge in [-0.1, -0.05) is 12.1 Å². The summed E-state index contributed by atoms with van der Waals surface area (Å²) in [5, 5.41) is 12.6. The Hall–Kier alpha value is -1.39. The van der Waals surface area contributed by atoms with E-state index in [-0.39, 0.29) is 6.04 Å². The Morgan fingerprint density at radius 1 is 1.38 bits per heavy atom. The van der Waals surface area contributed by atoms with Crippen molar-refractivity contribution < 1.29 is 5.11 Å². The summed E-state index contributed by atoms with van der Waals surface area (Å²) >= 11 is 1.65.